The van der Waals surface area contributed by atoms with Crippen LogP contribution in [0.25, 0.3) is 0 Å². The van der Waals surface area contributed by atoms with Crippen molar-refractivity contribution >= 4 is 15.8 Å². The Hall–Kier alpha value is -1.71. The quantitative estimate of drug-likeness (QED) is 0.817. The van der Waals surface area contributed by atoms with E-state index in [1.165, 1.54) is 25.1 Å². The maximum atomic E-state index is 12.0. The number of carbonyl (C=O) groups excluding carboxylic acids is 1. The molecule has 0 aromatic heterocycles. The van der Waals surface area contributed by atoms with E-state index < -0.39 is 16.1 Å². The van der Waals surface area contributed by atoms with Gasteiger partial charge in [-0.3, -0.25) is 4.79 Å². The van der Waals surface area contributed by atoms with Gasteiger partial charge in [-0.25, -0.2) is 13.1 Å². The van der Waals surface area contributed by atoms with E-state index in [4.69, 9.17) is 5.26 Å². The molecule has 0 saturated heterocycles. The molecule has 0 aliphatic heterocycles. The van der Waals surface area contributed by atoms with E-state index >= 15 is 0 Å². The zero-order valence-electron chi connectivity index (χ0n) is 10.2. The van der Waals surface area contributed by atoms with Gasteiger partial charge in [0.05, 0.1) is 17.4 Å². The van der Waals surface area contributed by atoms with Gasteiger partial charge in [-0.15, -0.1) is 0 Å². The summed E-state index contributed by atoms with van der Waals surface area (Å²) in [5, 5.41) is 8.49. The second kappa shape index (κ2) is 5.76. The Morgan fingerprint density at radius 2 is 2.17 bits per heavy atom. The SMILES string of the molecule is CC(=O)c1cccc(S(=O)(=O)NC(C)CC#N)c1. The lowest BCUT2D eigenvalue weighted by molar-refractivity contribution is 0.101. The Kier molecular flexibility index (Phi) is 4.59. The zero-order chi connectivity index (χ0) is 13.8. The Morgan fingerprint density at radius 3 is 2.72 bits per heavy atom. The molecule has 0 fully saturated rings. The number of nitrogens with zero attached hydrogens (tertiary/aromatic N) is 1. The lowest BCUT2D eigenvalue weighted by Crippen LogP contribution is -2.32. The first-order valence-electron chi connectivity index (χ1n) is 5.37. The summed E-state index contributed by atoms with van der Waals surface area (Å²) in [5.41, 5.74) is 0.339. The van der Waals surface area contributed by atoms with Crippen molar-refractivity contribution in [2.24, 2.45) is 0 Å². The van der Waals surface area contributed by atoms with Crippen molar-refractivity contribution in [2.45, 2.75) is 31.2 Å². The van der Waals surface area contributed by atoms with E-state index in [0.717, 1.165) is 0 Å². The van der Waals surface area contributed by atoms with Crippen LogP contribution in [0, 0.1) is 11.3 Å². The van der Waals surface area contributed by atoms with Gasteiger partial charge < -0.3 is 0 Å². The summed E-state index contributed by atoms with van der Waals surface area (Å²) < 4.78 is 26.3. The largest absolute Gasteiger partial charge is 0.295 e. The smallest absolute Gasteiger partial charge is 0.240 e. The number of sulfonamides is 1. The molecular weight excluding hydrogens is 252 g/mol. The molecule has 0 heterocycles. The van der Waals surface area contributed by atoms with Crippen LogP contribution >= 0.6 is 0 Å². The third-order valence-corrected chi connectivity index (χ3v) is 3.89. The summed E-state index contributed by atoms with van der Waals surface area (Å²) in [7, 11) is -3.69. The van der Waals surface area contributed by atoms with Gasteiger partial charge >= 0.3 is 0 Å². The van der Waals surface area contributed by atoms with Crippen LogP contribution < -0.4 is 4.72 Å². The first-order valence-corrected chi connectivity index (χ1v) is 6.85. The van der Waals surface area contributed by atoms with Crippen molar-refractivity contribution in [1.82, 2.24) is 4.72 Å². The zero-order valence-corrected chi connectivity index (χ0v) is 11.0. The van der Waals surface area contributed by atoms with Crippen molar-refractivity contribution < 1.29 is 13.2 Å². The molecule has 1 rings (SSSR count). The maximum Gasteiger partial charge on any atom is 0.240 e. The summed E-state index contributed by atoms with van der Waals surface area (Å²) in [6.07, 6.45) is 0.0889. The average Bonchev–Trinajstić information content (AvgIpc) is 2.28. The Balaban J connectivity index is 3.02. The highest BCUT2D eigenvalue weighted by Gasteiger charge is 2.17. The number of carbonyl (C=O) groups is 1. The predicted octanol–water partition coefficient (Wildman–Crippen LogP) is 1.47. The lowest BCUT2D eigenvalue weighted by atomic mass is 10.2. The molecule has 96 valence electrons. The van der Waals surface area contributed by atoms with Crippen LogP contribution in [0.3, 0.4) is 0 Å². The molecule has 1 unspecified atom stereocenters. The fourth-order valence-corrected chi connectivity index (χ4v) is 2.68. The van der Waals surface area contributed by atoms with Gasteiger partial charge in [-0.2, -0.15) is 5.26 Å². The van der Waals surface area contributed by atoms with E-state index in [9.17, 15) is 13.2 Å². The summed E-state index contributed by atoms with van der Waals surface area (Å²) >= 11 is 0. The average molecular weight is 266 g/mol. The number of hydrogen-bond acceptors (Lipinski definition) is 4. The molecule has 0 aliphatic rings. The van der Waals surface area contributed by atoms with Gasteiger partial charge in [0.1, 0.15) is 0 Å². The minimum atomic E-state index is -3.69. The van der Waals surface area contributed by atoms with Crippen LogP contribution in [0.2, 0.25) is 0 Å². The molecule has 0 amide bonds. The van der Waals surface area contributed by atoms with Crippen LogP contribution in [0.1, 0.15) is 30.6 Å². The minimum absolute atomic E-state index is 0.0278. The highest BCUT2D eigenvalue weighted by Crippen LogP contribution is 2.12. The van der Waals surface area contributed by atoms with E-state index in [1.807, 2.05) is 6.07 Å². The van der Waals surface area contributed by atoms with Crippen LogP contribution in [0.4, 0.5) is 0 Å². The highest BCUT2D eigenvalue weighted by atomic mass is 32.2. The summed E-state index contributed by atoms with van der Waals surface area (Å²) in [5.74, 6) is -0.197. The molecule has 1 aromatic rings. The van der Waals surface area contributed by atoms with Crippen molar-refractivity contribution in [1.29, 1.82) is 5.26 Å². The second-order valence-electron chi connectivity index (χ2n) is 3.97. The number of rotatable bonds is 5. The van der Waals surface area contributed by atoms with Gasteiger partial charge in [0.25, 0.3) is 0 Å². The monoisotopic (exact) mass is 266 g/mol. The third kappa shape index (κ3) is 3.65. The summed E-state index contributed by atoms with van der Waals surface area (Å²) in [4.78, 5) is 11.2. The first-order chi connectivity index (χ1) is 8.36. The fraction of sp³-hybridized carbons (Fsp3) is 0.333. The number of nitriles is 1. The second-order valence-corrected chi connectivity index (χ2v) is 5.68. The van der Waals surface area contributed by atoms with E-state index in [2.05, 4.69) is 4.72 Å². The van der Waals surface area contributed by atoms with Crippen molar-refractivity contribution in [2.75, 3.05) is 0 Å². The van der Waals surface area contributed by atoms with Crippen molar-refractivity contribution in [3.8, 4) is 6.07 Å². The molecule has 6 heteroatoms. The van der Waals surface area contributed by atoms with E-state index in [1.54, 1.807) is 13.0 Å². The van der Waals surface area contributed by atoms with E-state index in [0.29, 0.717) is 5.56 Å². The molecule has 5 nitrogen and oxygen atoms in total. The fourth-order valence-electron chi connectivity index (χ4n) is 1.39. The Labute approximate surface area is 106 Å². The molecule has 0 radical (unpaired) electrons. The maximum absolute atomic E-state index is 12.0. The molecule has 18 heavy (non-hydrogen) atoms. The minimum Gasteiger partial charge on any atom is -0.295 e. The number of benzene rings is 1. The topological polar surface area (TPSA) is 87.0 Å². The van der Waals surface area contributed by atoms with Crippen LogP contribution in [-0.4, -0.2) is 20.2 Å². The lowest BCUT2D eigenvalue weighted by Gasteiger charge is -2.11. The van der Waals surface area contributed by atoms with Crippen molar-refractivity contribution in [3.63, 3.8) is 0 Å². The Bertz CT molecular complexity index is 588. The molecular formula is C12H14N2O3S. The van der Waals surface area contributed by atoms with Crippen molar-refractivity contribution in [3.05, 3.63) is 29.8 Å². The molecule has 1 atom stereocenters. The number of Topliss-reactive ketones (excluding diaryl/α,β-unsaturated/α-hetero) is 1. The van der Waals surface area contributed by atoms with Gasteiger partial charge in [0, 0.05) is 11.6 Å². The number of hydrogen-bond donors (Lipinski definition) is 1. The Morgan fingerprint density at radius 1 is 1.50 bits per heavy atom. The molecule has 1 N–H and O–H groups in total. The third-order valence-electron chi connectivity index (χ3n) is 2.30. The standard InChI is InChI=1S/C12H14N2O3S/c1-9(6-7-13)14-18(16,17)12-5-3-4-11(8-12)10(2)15/h3-5,8-9,14H,6H2,1-2H3. The summed E-state index contributed by atoms with van der Waals surface area (Å²) in [6, 6.07) is 7.22. The van der Waals surface area contributed by atoms with E-state index in [-0.39, 0.29) is 17.1 Å². The predicted molar refractivity (Wildman–Crippen MR) is 66.5 cm³/mol. The molecule has 0 saturated carbocycles. The van der Waals surface area contributed by atoms with Crippen LogP contribution in [-0.2, 0) is 10.0 Å². The van der Waals surface area contributed by atoms with Crippen LogP contribution in [0.5, 0.6) is 0 Å². The highest BCUT2D eigenvalue weighted by molar-refractivity contribution is 7.89. The van der Waals surface area contributed by atoms with Crippen LogP contribution in [0.15, 0.2) is 29.2 Å². The normalized spacial score (nSPS) is 12.7. The molecule has 0 spiro atoms. The number of nitrogens with one attached hydrogen (secondary N) is 1. The molecule has 0 bridgehead atoms. The van der Waals surface area contributed by atoms with Gasteiger partial charge in [0.15, 0.2) is 5.78 Å². The number of ketones is 1. The molecule has 0 aliphatic carbocycles. The van der Waals surface area contributed by atoms with Gasteiger partial charge in [-0.1, -0.05) is 12.1 Å². The molecule has 1 aromatic carbocycles. The first kappa shape index (κ1) is 14.4. The van der Waals surface area contributed by atoms with Gasteiger partial charge in [0.2, 0.25) is 10.0 Å². The summed E-state index contributed by atoms with van der Waals surface area (Å²) in [6.45, 7) is 2.98. The van der Waals surface area contributed by atoms with Gasteiger partial charge in [-0.05, 0) is 26.0 Å².